The molecule has 118 valence electrons. The van der Waals surface area contributed by atoms with Crippen molar-refractivity contribution in [3.8, 4) is 0 Å². The molecule has 0 saturated heterocycles. The van der Waals surface area contributed by atoms with Gasteiger partial charge in [0.15, 0.2) is 0 Å². The van der Waals surface area contributed by atoms with Crippen molar-refractivity contribution in [2.45, 2.75) is 58.8 Å². The molecule has 0 radical (unpaired) electrons. The fraction of sp³-hybridized carbons (Fsp3) is 0.882. The molecule has 4 bridgehead atoms. The summed E-state index contributed by atoms with van der Waals surface area (Å²) in [5.41, 5.74) is 0.232. The highest BCUT2D eigenvalue weighted by Gasteiger charge is 2.58. The first kappa shape index (κ1) is 14.9. The molecule has 4 rings (SSSR count). The zero-order valence-electron chi connectivity index (χ0n) is 13.2. The summed E-state index contributed by atoms with van der Waals surface area (Å²) in [6, 6.07) is 0. The van der Waals surface area contributed by atoms with Gasteiger partial charge >= 0.3 is 5.97 Å². The quantitative estimate of drug-likeness (QED) is 0.793. The van der Waals surface area contributed by atoms with Gasteiger partial charge in [-0.3, -0.25) is 9.59 Å². The van der Waals surface area contributed by atoms with Crippen LogP contribution in [0.3, 0.4) is 0 Å². The van der Waals surface area contributed by atoms with Crippen molar-refractivity contribution >= 4 is 11.9 Å². The molecule has 4 nitrogen and oxygen atoms in total. The summed E-state index contributed by atoms with van der Waals surface area (Å²) in [7, 11) is 0. The summed E-state index contributed by atoms with van der Waals surface area (Å²) < 4.78 is 4.90. The lowest BCUT2D eigenvalue weighted by atomic mass is 9.44. The molecule has 2 unspecified atom stereocenters. The maximum Gasteiger partial charge on any atom is 0.307 e. The summed E-state index contributed by atoms with van der Waals surface area (Å²) in [6.07, 6.45) is 7.38. The van der Waals surface area contributed by atoms with Crippen LogP contribution in [0.25, 0.3) is 0 Å². The second-order valence-electron chi connectivity index (χ2n) is 7.86. The van der Waals surface area contributed by atoms with Crippen LogP contribution >= 0.6 is 0 Å². The van der Waals surface area contributed by atoms with Crippen molar-refractivity contribution in [1.82, 2.24) is 5.32 Å². The van der Waals surface area contributed by atoms with E-state index in [0.717, 1.165) is 31.1 Å². The molecule has 0 aliphatic heterocycles. The summed E-state index contributed by atoms with van der Waals surface area (Å²) >= 11 is 0. The van der Waals surface area contributed by atoms with Gasteiger partial charge in [-0.05, 0) is 62.7 Å². The van der Waals surface area contributed by atoms with E-state index in [2.05, 4.69) is 12.2 Å². The third kappa shape index (κ3) is 2.82. The minimum absolute atomic E-state index is 0.145. The van der Waals surface area contributed by atoms with Crippen LogP contribution in [0.4, 0.5) is 0 Å². The molecule has 21 heavy (non-hydrogen) atoms. The molecule has 1 N–H and O–H groups in total. The first-order valence-corrected chi connectivity index (χ1v) is 8.39. The number of carbonyl (C=O) groups excluding carboxylic acids is 2. The van der Waals surface area contributed by atoms with E-state index in [9.17, 15) is 9.59 Å². The highest BCUT2D eigenvalue weighted by Crippen LogP contribution is 2.65. The Morgan fingerprint density at radius 1 is 1.19 bits per heavy atom. The van der Waals surface area contributed by atoms with Crippen LogP contribution in [-0.4, -0.2) is 25.0 Å². The Balaban J connectivity index is 1.58. The fourth-order valence-electron chi connectivity index (χ4n) is 5.68. The zero-order chi connectivity index (χ0) is 15.1. The van der Waals surface area contributed by atoms with E-state index in [4.69, 9.17) is 4.74 Å². The van der Waals surface area contributed by atoms with Crippen LogP contribution in [0.5, 0.6) is 0 Å². The third-order valence-corrected chi connectivity index (χ3v) is 5.76. The average Bonchev–Trinajstić information content (AvgIpc) is 2.35. The second-order valence-corrected chi connectivity index (χ2v) is 7.86. The van der Waals surface area contributed by atoms with Crippen LogP contribution in [0.15, 0.2) is 0 Å². The van der Waals surface area contributed by atoms with E-state index < -0.39 is 0 Å². The fourth-order valence-corrected chi connectivity index (χ4v) is 5.68. The van der Waals surface area contributed by atoms with Crippen molar-refractivity contribution in [2.24, 2.45) is 22.7 Å². The minimum atomic E-state index is -0.227. The SMILES string of the molecule is CCOC(=O)CCNC(=O)C12CC3CC(CC(C)(C3)C1)C2. The monoisotopic (exact) mass is 293 g/mol. The number of ether oxygens (including phenoxy) is 1. The molecule has 0 aromatic carbocycles. The van der Waals surface area contributed by atoms with Gasteiger partial charge < -0.3 is 10.1 Å². The van der Waals surface area contributed by atoms with E-state index in [1.54, 1.807) is 6.92 Å². The molecule has 0 heterocycles. The Hall–Kier alpha value is -1.06. The maximum absolute atomic E-state index is 12.7. The Morgan fingerprint density at radius 2 is 1.86 bits per heavy atom. The second kappa shape index (κ2) is 5.29. The number of rotatable bonds is 5. The summed E-state index contributed by atoms with van der Waals surface area (Å²) in [4.78, 5) is 24.1. The lowest BCUT2D eigenvalue weighted by Gasteiger charge is -2.60. The highest BCUT2D eigenvalue weighted by atomic mass is 16.5. The number of hydrogen-bond donors (Lipinski definition) is 1. The van der Waals surface area contributed by atoms with E-state index in [1.807, 2.05) is 0 Å². The predicted octanol–water partition coefficient (Wildman–Crippen LogP) is 2.66. The van der Waals surface area contributed by atoms with Gasteiger partial charge in [0, 0.05) is 6.54 Å². The van der Waals surface area contributed by atoms with Crippen molar-refractivity contribution in [1.29, 1.82) is 0 Å². The van der Waals surface area contributed by atoms with Crippen LogP contribution in [0, 0.1) is 22.7 Å². The normalized spacial score (nSPS) is 40.1. The predicted molar refractivity (Wildman–Crippen MR) is 79.5 cm³/mol. The molecule has 4 fully saturated rings. The van der Waals surface area contributed by atoms with Crippen molar-refractivity contribution < 1.29 is 14.3 Å². The van der Waals surface area contributed by atoms with E-state index in [-0.39, 0.29) is 23.7 Å². The van der Waals surface area contributed by atoms with Gasteiger partial charge in [-0.2, -0.15) is 0 Å². The first-order valence-electron chi connectivity index (χ1n) is 8.39. The standard InChI is InChI=1S/C17H27NO3/c1-3-21-14(19)4-5-18-15(20)17-9-12-6-13(10-17)8-16(2,7-12)11-17/h12-13H,3-11H2,1-2H3,(H,18,20). The van der Waals surface area contributed by atoms with Crippen molar-refractivity contribution in [2.75, 3.05) is 13.2 Å². The van der Waals surface area contributed by atoms with Crippen LogP contribution in [0.2, 0.25) is 0 Å². The Morgan fingerprint density at radius 3 is 2.43 bits per heavy atom. The van der Waals surface area contributed by atoms with Gasteiger partial charge in [0.05, 0.1) is 18.4 Å². The van der Waals surface area contributed by atoms with Gasteiger partial charge in [0.1, 0.15) is 0 Å². The van der Waals surface area contributed by atoms with Gasteiger partial charge in [-0.15, -0.1) is 0 Å². The average molecular weight is 293 g/mol. The molecule has 4 heteroatoms. The van der Waals surface area contributed by atoms with E-state index in [0.29, 0.717) is 18.6 Å². The highest BCUT2D eigenvalue weighted by molar-refractivity contribution is 5.83. The minimum Gasteiger partial charge on any atom is -0.466 e. The number of nitrogens with one attached hydrogen (secondary N) is 1. The molecule has 4 aliphatic carbocycles. The Kier molecular flexibility index (Phi) is 3.74. The van der Waals surface area contributed by atoms with Gasteiger partial charge in [0.25, 0.3) is 0 Å². The largest absolute Gasteiger partial charge is 0.466 e. The van der Waals surface area contributed by atoms with Crippen LogP contribution in [-0.2, 0) is 14.3 Å². The third-order valence-electron chi connectivity index (χ3n) is 5.76. The van der Waals surface area contributed by atoms with Gasteiger partial charge in [-0.1, -0.05) is 6.92 Å². The molecule has 0 aromatic heterocycles. The number of esters is 1. The molecule has 0 aromatic rings. The molecule has 2 atom stereocenters. The molecule has 4 saturated carbocycles. The molecule has 4 aliphatic rings. The van der Waals surface area contributed by atoms with Crippen molar-refractivity contribution in [3.63, 3.8) is 0 Å². The van der Waals surface area contributed by atoms with Gasteiger partial charge in [-0.25, -0.2) is 0 Å². The number of hydrogen-bond acceptors (Lipinski definition) is 3. The van der Waals surface area contributed by atoms with Crippen LogP contribution in [0.1, 0.15) is 58.8 Å². The molecule has 0 spiro atoms. The molecule has 1 amide bonds. The van der Waals surface area contributed by atoms with E-state index in [1.165, 1.54) is 19.3 Å². The lowest BCUT2D eigenvalue weighted by Crippen LogP contribution is -2.56. The Labute approximate surface area is 127 Å². The number of amides is 1. The van der Waals surface area contributed by atoms with E-state index >= 15 is 0 Å². The molecular weight excluding hydrogens is 266 g/mol. The maximum atomic E-state index is 12.7. The smallest absolute Gasteiger partial charge is 0.307 e. The first-order chi connectivity index (χ1) is 9.95. The van der Waals surface area contributed by atoms with Gasteiger partial charge in [0.2, 0.25) is 5.91 Å². The van der Waals surface area contributed by atoms with Crippen LogP contribution < -0.4 is 5.32 Å². The summed E-state index contributed by atoms with van der Waals surface area (Å²) in [5.74, 6) is 1.45. The Bertz CT molecular complexity index is 431. The molecular formula is C17H27NO3. The summed E-state index contributed by atoms with van der Waals surface area (Å²) in [5, 5.41) is 3.01. The number of carbonyl (C=O) groups is 2. The van der Waals surface area contributed by atoms with Crippen molar-refractivity contribution in [3.05, 3.63) is 0 Å². The lowest BCUT2D eigenvalue weighted by molar-refractivity contribution is -0.155. The summed E-state index contributed by atoms with van der Waals surface area (Å²) in [6.45, 7) is 4.97. The zero-order valence-corrected chi connectivity index (χ0v) is 13.2. The topological polar surface area (TPSA) is 55.4 Å².